The smallest absolute Gasteiger partial charge is 0.251 e. The maximum absolute atomic E-state index is 12.5. The van der Waals surface area contributed by atoms with E-state index in [0.29, 0.717) is 17.8 Å². The highest BCUT2D eigenvalue weighted by atomic mass is 35.5. The summed E-state index contributed by atoms with van der Waals surface area (Å²) >= 11 is 3.62. The van der Waals surface area contributed by atoms with Crippen LogP contribution in [0.25, 0.3) is 0 Å². The van der Waals surface area contributed by atoms with E-state index in [-0.39, 0.29) is 16.6 Å². The first-order valence-corrected chi connectivity index (χ1v) is 9.77. The molecule has 1 atom stereocenters. The van der Waals surface area contributed by atoms with E-state index in [2.05, 4.69) is 10.4 Å². The van der Waals surface area contributed by atoms with Gasteiger partial charge in [0.15, 0.2) is 0 Å². The second kappa shape index (κ2) is 8.55. The van der Waals surface area contributed by atoms with Gasteiger partial charge in [0.25, 0.3) is 5.91 Å². The Labute approximate surface area is 170 Å². The molecule has 1 amide bonds. The minimum absolute atomic E-state index is 0.202. The van der Waals surface area contributed by atoms with Crippen LogP contribution in [0.1, 0.15) is 21.5 Å². The molecule has 1 unspecified atom stereocenters. The number of anilines is 2. The van der Waals surface area contributed by atoms with Crippen LogP contribution in [-0.2, 0) is 24.9 Å². The zero-order valence-corrected chi connectivity index (χ0v) is 16.8. The summed E-state index contributed by atoms with van der Waals surface area (Å²) in [4.78, 5) is 12.5. The minimum Gasteiger partial charge on any atom is -0.755 e. The maximum Gasteiger partial charge on any atom is 0.251 e. The number of nitrogens with one attached hydrogen (secondary N) is 1. The molecule has 0 aliphatic rings. The number of aromatic nitrogens is 2. The highest BCUT2D eigenvalue weighted by molar-refractivity contribution is 7.81. The number of carbonyl (C=O) groups is 1. The van der Waals surface area contributed by atoms with E-state index >= 15 is 0 Å². The molecule has 1 aromatic heterocycles. The number of halogens is 1. The number of hydrogen-bond acceptors (Lipinski definition) is 4. The number of carbonyl (C=O) groups excluding carboxylic acids is 1. The first-order chi connectivity index (χ1) is 13.3. The van der Waals surface area contributed by atoms with Crippen LogP contribution in [0.2, 0.25) is 5.02 Å². The van der Waals surface area contributed by atoms with Crippen molar-refractivity contribution in [3.8, 4) is 0 Å². The molecule has 1 N–H and O–H groups in total. The summed E-state index contributed by atoms with van der Waals surface area (Å²) in [6.07, 6.45) is 3.46. The van der Waals surface area contributed by atoms with Crippen LogP contribution in [0.4, 0.5) is 11.4 Å². The average molecular weight is 418 g/mol. The first kappa shape index (κ1) is 20.1. The van der Waals surface area contributed by atoms with Gasteiger partial charge in [-0.2, -0.15) is 5.10 Å². The van der Waals surface area contributed by atoms with Gasteiger partial charge >= 0.3 is 0 Å². The molecule has 3 aromatic rings. The largest absolute Gasteiger partial charge is 0.755 e. The third kappa shape index (κ3) is 4.59. The molecule has 3 rings (SSSR count). The molecule has 0 spiro atoms. The van der Waals surface area contributed by atoms with Gasteiger partial charge in [-0.15, -0.1) is 0 Å². The molecule has 9 heteroatoms. The van der Waals surface area contributed by atoms with E-state index in [4.69, 9.17) is 11.6 Å². The standard InChI is InChI=1S/C19H19ClN4O3S/c1-13-3-6-16(7-4-13)24(28(26)27)18-9-15(5-8-17(18)20)19(25)21-10-14-11-22-23(2)12-14/h3-9,11-12H,10H2,1-2H3,(H,21,25)(H,26,27)/p-1. The van der Waals surface area contributed by atoms with Gasteiger partial charge in [-0.05, 0) is 37.3 Å². The molecule has 0 aliphatic heterocycles. The second-order valence-corrected chi connectivity index (χ2v) is 7.42. The number of nitrogens with zero attached hydrogens (tertiary/aromatic N) is 3. The molecule has 0 aliphatic carbocycles. The predicted molar refractivity (Wildman–Crippen MR) is 108 cm³/mol. The van der Waals surface area contributed by atoms with Gasteiger partial charge in [-0.1, -0.05) is 29.3 Å². The van der Waals surface area contributed by atoms with E-state index in [1.54, 1.807) is 54.5 Å². The molecule has 0 saturated heterocycles. The van der Waals surface area contributed by atoms with Crippen LogP contribution in [0.15, 0.2) is 54.9 Å². The van der Waals surface area contributed by atoms with Crippen molar-refractivity contribution in [1.82, 2.24) is 15.1 Å². The van der Waals surface area contributed by atoms with Crippen LogP contribution in [0.5, 0.6) is 0 Å². The third-order valence-corrected chi connectivity index (χ3v) is 5.08. The van der Waals surface area contributed by atoms with E-state index < -0.39 is 11.3 Å². The molecular formula is C19H18ClN4O3S-. The van der Waals surface area contributed by atoms with Crippen molar-refractivity contribution in [3.63, 3.8) is 0 Å². The van der Waals surface area contributed by atoms with Crippen molar-refractivity contribution in [2.45, 2.75) is 13.5 Å². The fourth-order valence-electron chi connectivity index (χ4n) is 2.64. The Bertz CT molecular complexity index is 1020. The average Bonchev–Trinajstić information content (AvgIpc) is 3.08. The summed E-state index contributed by atoms with van der Waals surface area (Å²) in [5, 5.41) is 7.05. The summed E-state index contributed by atoms with van der Waals surface area (Å²) in [6.45, 7) is 2.21. The molecular weight excluding hydrogens is 400 g/mol. The maximum atomic E-state index is 12.5. The summed E-state index contributed by atoms with van der Waals surface area (Å²) in [5.41, 5.74) is 2.77. The summed E-state index contributed by atoms with van der Waals surface area (Å²) in [7, 11) is 1.79. The van der Waals surface area contributed by atoms with Crippen LogP contribution in [0.3, 0.4) is 0 Å². The summed E-state index contributed by atoms with van der Waals surface area (Å²) in [5.74, 6) is -0.345. The molecule has 146 valence electrons. The van der Waals surface area contributed by atoms with E-state index in [1.165, 1.54) is 12.1 Å². The fourth-order valence-corrected chi connectivity index (χ4v) is 3.50. The van der Waals surface area contributed by atoms with Crippen LogP contribution < -0.4 is 9.62 Å². The number of hydrogen-bond donors (Lipinski definition) is 1. The van der Waals surface area contributed by atoms with E-state index in [1.807, 2.05) is 6.92 Å². The number of rotatable bonds is 6. The highest BCUT2D eigenvalue weighted by Gasteiger charge is 2.17. The Hall–Kier alpha value is -2.68. The zero-order chi connectivity index (χ0) is 20.3. The lowest BCUT2D eigenvalue weighted by Crippen LogP contribution is -2.24. The Morgan fingerprint density at radius 1 is 1.29 bits per heavy atom. The van der Waals surface area contributed by atoms with Crippen LogP contribution in [-0.4, -0.2) is 24.4 Å². The van der Waals surface area contributed by atoms with Gasteiger partial charge in [0.1, 0.15) is 0 Å². The predicted octanol–water partition coefficient (Wildman–Crippen LogP) is 3.24. The summed E-state index contributed by atoms with van der Waals surface area (Å²) in [6, 6.07) is 11.5. The number of benzene rings is 2. The number of aryl methyl sites for hydroxylation is 2. The molecule has 7 nitrogen and oxygen atoms in total. The molecule has 1 heterocycles. The second-order valence-electron chi connectivity index (χ2n) is 6.22. The van der Waals surface area contributed by atoms with Crippen molar-refractivity contribution in [1.29, 1.82) is 0 Å². The van der Waals surface area contributed by atoms with Gasteiger partial charge < -0.3 is 9.87 Å². The van der Waals surface area contributed by atoms with E-state index in [0.717, 1.165) is 15.4 Å². The molecule has 2 aromatic carbocycles. The lowest BCUT2D eigenvalue weighted by molar-refractivity contribution is 0.0951. The Kier molecular flexibility index (Phi) is 6.13. The Morgan fingerprint density at radius 3 is 2.61 bits per heavy atom. The zero-order valence-electron chi connectivity index (χ0n) is 15.3. The van der Waals surface area contributed by atoms with Crippen LogP contribution in [0, 0.1) is 6.92 Å². The normalized spacial score (nSPS) is 11.9. The minimum atomic E-state index is -2.62. The van der Waals surface area contributed by atoms with Crippen molar-refractivity contribution >= 4 is 40.1 Å². The van der Waals surface area contributed by atoms with Crippen molar-refractivity contribution < 1.29 is 13.6 Å². The highest BCUT2D eigenvalue weighted by Crippen LogP contribution is 2.34. The molecule has 0 radical (unpaired) electrons. The van der Waals surface area contributed by atoms with E-state index in [9.17, 15) is 13.6 Å². The van der Waals surface area contributed by atoms with Gasteiger partial charge in [0.05, 0.1) is 33.9 Å². The molecule has 0 saturated carbocycles. The van der Waals surface area contributed by atoms with Gasteiger partial charge in [-0.25, -0.2) is 0 Å². The van der Waals surface area contributed by atoms with Crippen molar-refractivity contribution in [3.05, 3.63) is 76.6 Å². The van der Waals surface area contributed by atoms with Crippen molar-refractivity contribution in [2.24, 2.45) is 7.05 Å². The van der Waals surface area contributed by atoms with Crippen LogP contribution >= 0.6 is 11.6 Å². The topological polar surface area (TPSA) is 90.3 Å². The Morgan fingerprint density at radius 2 is 2.00 bits per heavy atom. The van der Waals surface area contributed by atoms with Gasteiger partial charge in [0.2, 0.25) is 0 Å². The monoisotopic (exact) mass is 417 g/mol. The Balaban J connectivity index is 1.87. The quantitative estimate of drug-likeness (QED) is 0.623. The van der Waals surface area contributed by atoms with Gasteiger partial charge in [-0.3, -0.25) is 18.0 Å². The molecule has 0 bridgehead atoms. The number of amides is 1. The molecule has 28 heavy (non-hydrogen) atoms. The lowest BCUT2D eigenvalue weighted by Gasteiger charge is -2.27. The SMILES string of the molecule is Cc1ccc(N(c2cc(C(=O)NCc3cnn(C)c3)ccc2Cl)S(=O)[O-])cc1. The molecule has 0 fully saturated rings. The fraction of sp³-hybridized carbons (Fsp3) is 0.158. The summed E-state index contributed by atoms with van der Waals surface area (Å²) < 4.78 is 26.5. The van der Waals surface area contributed by atoms with Crippen molar-refractivity contribution in [2.75, 3.05) is 4.31 Å². The lowest BCUT2D eigenvalue weighted by atomic mass is 10.1. The van der Waals surface area contributed by atoms with Gasteiger partial charge in [0, 0.05) is 30.9 Å². The first-order valence-electron chi connectivity index (χ1n) is 8.36. The third-order valence-electron chi connectivity index (χ3n) is 4.06.